The highest BCUT2D eigenvalue weighted by Crippen LogP contribution is 2.41. The second-order valence-corrected chi connectivity index (χ2v) is 12.1. The standard InChI is InChI=1S/C32H27ClF2N4OS/c33-26-24(34)12-11-21-9-4-10-22(25(21)26)28-27(35)29-23(17-36-28)30(41-18-20-7-2-1-3-8-20)38-31(37-29)40-19-32-13-5-15-39(32)16-6-14-32/h1-4,7-12,17H,5-6,13-16,18-19H2. The SMILES string of the molecule is Fc1ccc2cccc(-c3ncc4c(SCc5ccccc5)nc(OCC56CCCN5CCC6)nc4c3F)c2c1Cl. The number of thioether (sulfide) groups is 1. The number of aromatic nitrogens is 3. The van der Waals surface area contributed by atoms with Crippen LogP contribution in [0.15, 0.2) is 71.9 Å². The normalized spacial score (nSPS) is 16.5. The van der Waals surface area contributed by atoms with Gasteiger partial charge in [0.15, 0.2) is 5.82 Å². The Kier molecular flexibility index (Phi) is 7.01. The smallest absolute Gasteiger partial charge is 0.318 e. The molecule has 0 amide bonds. The number of halogens is 3. The molecule has 0 unspecified atom stereocenters. The van der Waals surface area contributed by atoms with Crippen molar-refractivity contribution < 1.29 is 13.5 Å². The predicted octanol–water partition coefficient (Wildman–Crippen LogP) is 8.08. The zero-order chi connectivity index (χ0) is 28.0. The quantitative estimate of drug-likeness (QED) is 0.141. The van der Waals surface area contributed by atoms with Gasteiger partial charge in [0.25, 0.3) is 0 Å². The van der Waals surface area contributed by atoms with Crippen LogP contribution in [0.3, 0.4) is 0 Å². The molecular formula is C32H27ClF2N4OS. The average molecular weight is 589 g/mol. The molecule has 2 saturated heterocycles. The number of nitrogens with zero attached hydrogens (tertiary/aromatic N) is 4. The third-order valence-electron chi connectivity index (χ3n) is 8.32. The molecule has 208 valence electrons. The number of pyridine rings is 1. The highest BCUT2D eigenvalue weighted by atomic mass is 35.5. The first-order chi connectivity index (χ1) is 20.0. The van der Waals surface area contributed by atoms with Crippen molar-refractivity contribution in [1.82, 2.24) is 19.9 Å². The number of fused-ring (bicyclic) bond motifs is 3. The number of rotatable bonds is 7. The maximum Gasteiger partial charge on any atom is 0.318 e. The van der Waals surface area contributed by atoms with Crippen LogP contribution in [0.25, 0.3) is 32.9 Å². The first-order valence-corrected chi connectivity index (χ1v) is 15.2. The van der Waals surface area contributed by atoms with Gasteiger partial charge in [-0.3, -0.25) is 9.88 Å². The lowest BCUT2D eigenvalue weighted by Crippen LogP contribution is -2.43. The fraction of sp³-hybridized carbons (Fsp3) is 0.281. The second kappa shape index (κ2) is 10.8. The number of hydrogen-bond acceptors (Lipinski definition) is 6. The van der Waals surface area contributed by atoms with Crippen molar-refractivity contribution in [3.63, 3.8) is 0 Å². The molecule has 0 bridgehead atoms. The summed E-state index contributed by atoms with van der Waals surface area (Å²) in [6.07, 6.45) is 6.05. The van der Waals surface area contributed by atoms with Gasteiger partial charge < -0.3 is 4.74 Å². The molecule has 41 heavy (non-hydrogen) atoms. The van der Waals surface area contributed by atoms with Crippen molar-refractivity contribution in [3.8, 4) is 17.3 Å². The van der Waals surface area contributed by atoms with Crippen molar-refractivity contribution in [3.05, 3.63) is 89.1 Å². The van der Waals surface area contributed by atoms with Crippen LogP contribution in [-0.2, 0) is 5.75 Å². The van der Waals surface area contributed by atoms with E-state index in [4.69, 9.17) is 21.3 Å². The lowest BCUT2D eigenvalue weighted by molar-refractivity contribution is 0.107. The Bertz CT molecular complexity index is 1760. The molecular weight excluding hydrogens is 562 g/mol. The Morgan fingerprint density at radius 1 is 0.951 bits per heavy atom. The van der Waals surface area contributed by atoms with Crippen molar-refractivity contribution in [2.45, 2.75) is 42.0 Å². The topological polar surface area (TPSA) is 51.1 Å². The Hall–Kier alpha value is -3.33. The molecule has 2 aliphatic heterocycles. The van der Waals surface area contributed by atoms with E-state index in [-0.39, 0.29) is 27.8 Å². The van der Waals surface area contributed by atoms with Gasteiger partial charge in [0.05, 0.1) is 15.9 Å². The fourth-order valence-corrected chi connectivity index (χ4v) is 7.48. The summed E-state index contributed by atoms with van der Waals surface area (Å²) in [5.74, 6) is -0.547. The van der Waals surface area contributed by atoms with Gasteiger partial charge >= 0.3 is 6.01 Å². The molecule has 0 saturated carbocycles. The molecule has 9 heteroatoms. The van der Waals surface area contributed by atoms with E-state index in [0.717, 1.165) is 44.3 Å². The summed E-state index contributed by atoms with van der Waals surface area (Å²) in [4.78, 5) is 16.3. The molecule has 2 aliphatic rings. The van der Waals surface area contributed by atoms with Crippen molar-refractivity contribution >= 4 is 45.0 Å². The summed E-state index contributed by atoms with van der Waals surface area (Å²) in [5, 5.41) is 2.13. The molecule has 0 radical (unpaired) electrons. The van der Waals surface area contributed by atoms with Gasteiger partial charge in [0, 0.05) is 22.9 Å². The molecule has 2 aromatic heterocycles. The zero-order valence-electron chi connectivity index (χ0n) is 22.2. The van der Waals surface area contributed by atoms with Gasteiger partial charge in [-0.15, -0.1) is 11.8 Å². The predicted molar refractivity (Wildman–Crippen MR) is 159 cm³/mol. The van der Waals surface area contributed by atoms with Crippen LogP contribution >= 0.6 is 23.4 Å². The van der Waals surface area contributed by atoms with Crippen molar-refractivity contribution in [1.29, 1.82) is 0 Å². The number of ether oxygens (including phenoxy) is 1. The third kappa shape index (κ3) is 4.82. The molecule has 0 spiro atoms. The summed E-state index contributed by atoms with van der Waals surface area (Å²) >= 11 is 7.86. The Balaban J connectivity index is 1.33. The van der Waals surface area contributed by atoms with Crippen LogP contribution in [0.2, 0.25) is 5.02 Å². The van der Waals surface area contributed by atoms with Gasteiger partial charge in [-0.1, -0.05) is 66.2 Å². The summed E-state index contributed by atoms with van der Waals surface area (Å²) in [7, 11) is 0. The number of benzene rings is 3. The van der Waals surface area contributed by atoms with Crippen LogP contribution in [0.1, 0.15) is 31.2 Å². The van der Waals surface area contributed by atoms with E-state index in [0.29, 0.717) is 39.1 Å². The van der Waals surface area contributed by atoms with E-state index in [9.17, 15) is 4.39 Å². The van der Waals surface area contributed by atoms with Crippen LogP contribution in [0, 0.1) is 11.6 Å². The summed E-state index contributed by atoms with van der Waals surface area (Å²) < 4.78 is 37.1. The van der Waals surface area contributed by atoms with E-state index in [1.54, 1.807) is 24.4 Å². The highest BCUT2D eigenvalue weighted by Gasteiger charge is 2.45. The molecule has 4 heterocycles. The summed E-state index contributed by atoms with van der Waals surface area (Å²) in [6.45, 7) is 2.63. The number of hydrogen-bond donors (Lipinski definition) is 0. The lowest BCUT2D eigenvalue weighted by Gasteiger charge is -2.31. The molecule has 5 aromatic rings. The minimum absolute atomic E-state index is 0.00138. The maximum atomic E-state index is 16.4. The van der Waals surface area contributed by atoms with E-state index in [2.05, 4.69) is 14.9 Å². The first-order valence-electron chi connectivity index (χ1n) is 13.8. The highest BCUT2D eigenvalue weighted by molar-refractivity contribution is 7.98. The van der Waals surface area contributed by atoms with E-state index >= 15 is 4.39 Å². The van der Waals surface area contributed by atoms with Gasteiger partial charge in [-0.05, 0) is 55.8 Å². The second-order valence-electron chi connectivity index (χ2n) is 10.7. The Morgan fingerprint density at radius 3 is 2.56 bits per heavy atom. The van der Waals surface area contributed by atoms with Gasteiger partial charge in [0.1, 0.15) is 28.7 Å². The van der Waals surface area contributed by atoms with Gasteiger partial charge in [-0.25, -0.2) is 8.78 Å². The van der Waals surface area contributed by atoms with E-state index < -0.39 is 11.6 Å². The fourth-order valence-electron chi connectivity index (χ4n) is 6.27. The van der Waals surface area contributed by atoms with Crippen LogP contribution in [0.4, 0.5) is 8.78 Å². The van der Waals surface area contributed by atoms with Crippen LogP contribution in [0.5, 0.6) is 6.01 Å². The molecule has 0 aliphatic carbocycles. The average Bonchev–Trinajstić information content (AvgIpc) is 3.58. The minimum atomic E-state index is -0.620. The zero-order valence-corrected chi connectivity index (χ0v) is 23.8. The van der Waals surface area contributed by atoms with Gasteiger partial charge in [-0.2, -0.15) is 9.97 Å². The Morgan fingerprint density at radius 2 is 1.76 bits per heavy atom. The van der Waals surface area contributed by atoms with E-state index in [1.165, 1.54) is 17.8 Å². The minimum Gasteiger partial charge on any atom is -0.461 e. The van der Waals surface area contributed by atoms with Crippen LogP contribution < -0.4 is 4.74 Å². The summed E-state index contributed by atoms with van der Waals surface area (Å²) in [6, 6.07) is 18.4. The van der Waals surface area contributed by atoms with Crippen molar-refractivity contribution in [2.75, 3.05) is 19.7 Å². The molecule has 7 rings (SSSR count). The molecule has 3 aromatic carbocycles. The van der Waals surface area contributed by atoms with Crippen molar-refractivity contribution in [2.24, 2.45) is 0 Å². The Labute approximate surface area is 245 Å². The molecule has 0 N–H and O–H groups in total. The molecule has 2 fully saturated rings. The van der Waals surface area contributed by atoms with E-state index in [1.807, 2.05) is 36.4 Å². The van der Waals surface area contributed by atoms with Crippen LogP contribution in [-0.4, -0.2) is 45.1 Å². The van der Waals surface area contributed by atoms with Gasteiger partial charge in [0.2, 0.25) is 0 Å². The maximum absolute atomic E-state index is 16.4. The molecule has 0 atom stereocenters. The largest absolute Gasteiger partial charge is 0.461 e. The monoisotopic (exact) mass is 588 g/mol. The first kappa shape index (κ1) is 26.6. The summed E-state index contributed by atoms with van der Waals surface area (Å²) in [5.41, 5.74) is 1.69. The molecule has 5 nitrogen and oxygen atoms in total. The lowest BCUT2D eigenvalue weighted by atomic mass is 9.95. The third-order valence-corrected chi connectivity index (χ3v) is 9.75.